The first-order chi connectivity index (χ1) is 8.04. The van der Waals surface area contributed by atoms with Crippen LogP contribution in [0, 0.1) is 0 Å². The maximum Gasteiger partial charge on any atom is 0.233 e. The summed E-state index contributed by atoms with van der Waals surface area (Å²) >= 11 is 0. The lowest BCUT2D eigenvalue weighted by Gasteiger charge is -2.12. The van der Waals surface area contributed by atoms with Crippen molar-refractivity contribution >= 4 is 17.8 Å². The summed E-state index contributed by atoms with van der Waals surface area (Å²) < 4.78 is 0. The van der Waals surface area contributed by atoms with Crippen LogP contribution in [0.3, 0.4) is 0 Å². The zero-order valence-electron chi connectivity index (χ0n) is 10.2. The van der Waals surface area contributed by atoms with E-state index in [9.17, 15) is 0 Å². The fourth-order valence-corrected chi connectivity index (χ4v) is 1.51. The number of anilines is 3. The van der Waals surface area contributed by atoms with Gasteiger partial charge in [0.2, 0.25) is 17.8 Å². The number of nitrogen functional groups attached to an aromatic ring is 1. The van der Waals surface area contributed by atoms with Crippen LogP contribution in [-0.2, 0) is 0 Å². The van der Waals surface area contributed by atoms with E-state index in [4.69, 9.17) is 5.73 Å². The average Bonchev–Trinajstić information content (AvgIpc) is 2.63. The molecule has 1 heterocycles. The Kier molecular flexibility index (Phi) is 2.95. The van der Waals surface area contributed by atoms with Crippen molar-refractivity contribution < 1.29 is 0 Å². The SMILES string of the molecule is CC1=CC(Nc2nc(N)nc(N(C)C)n2)=CC1. The van der Waals surface area contributed by atoms with Gasteiger partial charge in [0.15, 0.2) is 0 Å². The normalized spacial score (nSPS) is 14.3. The molecular formula is C11H16N6. The highest BCUT2D eigenvalue weighted by atomic mass is 15.3. The number of hydrogen-bond donors (Lipinski definition) is 2. The van der Waals surface area contributed by atoms with Gasteiger partial charge in [0, 0.05) is 19.8 Å². The minimum Gasteiger partial charge on any atom is -0.368 e. The molecule has 0 amide bonds. The first-order valence-electron chi connectivity index (χ1n) is 5.38. The lowest BCUT2D eigenvalue weighted by molar-refractivity contribution is 0.967. The van der Waals surface area contributed by atoms with E-state index >= 15 is 0 Å². The summed E-state index contributed by atoms with van der Waals surface area (Å²) in [7, 11) is 3.72. The molecule has 0 unspecified atom stereocenters. The number of allylic oxidation sites excluding steroid dienone is 3. The van der Waals surface area contributed by atoms with Crippen molar-refractivity contribution in [3.8, 4) is 0 Å². The van der Waals surface area contributed by atoms with Crippen molar-refractivity contribution in [1.82, 2.24) is 15.0 Å². The third kappa shape index (κ3) is 2.72. The number of nitrogens with two attached hydrogens (primary N) is 1. The lowest BCUT2D eigenvalue weighted by Crippen LogP contribution is -2.16. The molecule has 0 atom stereocenters. The van der Waals surface area contributed by atoms with Crippen molar-refractivity contribution in [1.29, 1.82) is 0 Å². The molecular weight excluding hydrogens is 216 g/mol. The topological polar surface area (TPSA) is 80.0 Å². The third-order valence-electron chi connectivity index (χ3n) is 2.34. The number of hydrogen-bond acceptors (Lipinski definition) is 6. The number of nitrogens with one attached hydrogen (secondary N) is 1. The van der Waals surface area contributed by atoms with Crippen LogP contribution in [0.25, 0.3) is 0 Å². The summed E-state index contributed by atoms with van der Waals surface area (Å²) in [6, 6.07) is 0. The molecule has 1 aliphatic rings. The molecule has 1 aromatic heterocycles. The number of aromatic nitrogens is 3. The average molecular weight is 232 g/mol. The highest BCUT2D eigenvalue weighted by molar-refractivity contribution is 5.48. The quantitative estimate of drug-likeness (QED) is 0.814. The molecule has 0 aliphatic heterocycles. The van der Waals surface area contributed by atoms with E-state index in [-0.39, 0.29) is 5.95 Å². The number of nitrogens with zero attached hydrogens (tertiary/aromatic N) is 4. The summed E-state index contributed by atoms with van der Waals surface area (Å²) in [5, 5.41) is 3.12. The van der Waals surface area contributed by atoms with E-state index in [0.29, 0.717) is 11.9 Å². The maximum absolute atomic E-state index is 5.63. The Morgan fingerprint density at radius 3 is 2.65 bits per heavy atom. The Morgan fingerprint density at radius 1 is 1.29 bits per heavy atom. The summed E-state index contributed by atoms with van der Waals surface area (Å²) in [5.41, 5.74) is 7.94. The zero-order chi connectivity index (χ0) is 12.4. The van der Waals surface area contributed by atoms with Gasteiger partial charge in [0.05, 0.1) is 0 Å². The fourth-order valence-electron chi connectivity index (χ4n) is 1.51. The second-order valence-corrected chi connectivity index (χ2v) is 4.19. The van der Waals surface area contributed by atoms with Gasteiger partial charge in [-0.25, -0.2) is 0 Å². The van der Waals surface area contributed by atoms with Gasteiger partial charge >= 0.3 is 0 Å². The smallest absolute Gasteiger partial charge is 0.233 e. The van der Waals surface area contributed by atoms with Crippen LogP contribution >= 0.6 is 0 Å². The van der Waals surface area contributed by atoms with Gasteiger partial charge in [-0.2, -0.15) is 15.0 Å². The largest absolute Gasteiger partial charge is 0.368 e. The molecule has 6 nitrogen and oxygen atoms in total. The van der Waals surface area contributed by atoms with E-state index in [1.54, 1.807) is 4.90 Å². The van der Waals surface area contributed by atoms with Crippen molar-refractivity contribution in [2.45, 2.75) is 13.3 Å². The summed E-state index contributed by atoms with van der Waals surface area (Å²) in [6.07, 6.45) is 5.11. The maximum atomic E-state index is 5.63. The Bertz CT molecular complexity index is 489. The molecule has 0 fully saturated rings. The number of rotatable bonds is 3. The van der Waals surface area contributed by atoms with Crippen LogP contribution in [0.5, 0.6) is 0 Å². The minimum atomic E-state index is 0.213. The van der Waals surface area contributed by atoms with Gasteiger partial charge < -0.3 is 16.0 Å². The second kappa shape index (κ2) is 4.40. The zero-order valence-corrected chi connectivity index (χ0v) is 10.2. The summed E-state index contributed by atoms with van der Waals surface area (Å²) in [4.78, 5) is 14.1. The molecule has 6 heteroatoms. The molecule has 0 saturated carbocycles. The Balaban J connectivity index is 2.21. The van der Waals surface area contributed by atoms with Gasteiger partial charge in [-0.15, -0.1) is 0 Å². The molecule has 1 aliphatic carbocycles. The first-order valence-corrected chi connectivity index (χ1v) is 5.38. The highest BCUT2D eigenvalue weighted by Crippen LogP contribution is 2.18. The van der Waals surface area contributed by atoms with E-state index in [1.165, 1.54) is 5.57 Å². The minimum absolute atomic E-state index is 0.213. The van der Waals surface area contributed by atoms with Gasteiger partial charge in [0.1, 0.15) is 0 Å². The monoisotopic (exact) mass is 232 g/mol. The van der Waals surface area contributed by atoms with E-state index in [2.05, 4.69) is 39.3 Å². The van der Waals surface area contributed by atoms with E-state index in [0.717, 1.165) is 12.1 Å². The van der Waals surface area contributed by atoms with Crippen LogP contribution in [0.2, 0.25) is 0 Å². The van der Waals surface area contributed by atoms with Crippen LogP contribution in [-0.4, -0.2) is 29.0 Å². The molecule has 0 bridgehead atoms. The first kappa shape index (κ1) is 11.4. The Labute approximate surface area is 100 Å². The van der Waals surface area contributed by atoms with Crippen LogP contribution in [0.4, 0.5) is 17.8 Å². The van der Waals surface area contributed by atoms with Crippen LogP contribution < -0.4 is 16.0 Å². The molecule has 0 saturated heterocycles. The van der Waals surface area contributed by atoms with Crippen molar-refractivity contribution in [2.24, 2.45) is 0 Å². The summed E-state index contributed by atoms with van der Waals surface area (Å²) in [6.45, 7) is 2.08. The van der Waals surface area contributed by atoms with Gasteiger partial charge in [-0.05, 0) is 19.4 Å². The van der Waals surface area contributed by atoms with Crippen molar-refractivity contribution in [3.63, 3.8) is 0 Å². The molecule has 0 radical (unpaired) electrons. The Hall–Kier alpha value is -2.11. The predicted molar refractivity (Wildman–Crippen MR) is 68.6 cm³/mol. The molecule has 1 aromatic rings. The van der Waals surface area contributed by atoms with Gasteiger partial charge in [0.25, 0.3) is 0 Å². The van der Waals surface area contributed by atoms with Gasteiger partial charge in [-0.1, -0.05) is 11.6 Å². The van der Waals surface area contributed by atoms with E-state index in [1.807, 2.05) is 14.1 Å². The molecule has 17 heavy (non-hydrogen) atoms. The third-order valence-corrected chi connectivity index (χ3v) is 2.34. The van der Waals surface area contributed by atoms with Crippen molar-refractivity contribution in [2.75, 3.05) is 30.0 Å². The Morgan fingerprint density at radius 2 is 2.06 bits per heavy atom. The summed E-state index contributed by atoms with van der Waals surface area (Å²) in [5.74, 6) is 1.23. The second-order valence-electron chi connectivity index (χ2n) is 4.19. The fraction of sp³-hybridized carbons (Fsp3) is 0.364. The molecule has 2 rings (SSSR count). The van der Waals surface area contributed by atoms with E-state index < -0.39 is 0 Å². The molecule has 90 valence electrons. The predicted octanol–water partition coefficient (Wildman–Crippen LogP) is 1.17. The van der Waals surface area contributed by atoms with Gasteiger partial charge in [-0.3, -0.25) is 0 Å². The molecule has 3 N–H and O–H groups in total. The van der Waals surface area contributed by atoms with Crippen molar-refractivity contribution in [3.05, 3.63) is 23.4 Å². The molecule has 0 spiro atoms. The lowest BCUT2D eigenvalue weighted by atomic mass is 10.3. The standard InChI is InChI=1S/C11H16N6/c1-7-4-5-8(6-7)13-10-14-9(12)15-11(16-10)17(2)3/h5-6H,4H2,1-3H3,(H3,12,13,14,15,16). The van der Waals surface area contributed by atoms with Crippen LogP contribution in [0.15, 0.2) is 23.4 Å². The van der Waals surface area contributed by atoms with Crippen LogP contribution in [0.1, 0.15) is 13.3 Å². The molecule has 0 aromatic carbocycles. The highest BCUT2D eigenvalue weighted by Gasteiger charge is 2.08.